The summed E-state index contributed by atoms with van der Waals surface area (Å²) in [5.41, 5.74) is -0.487. The number of fused-ring (bicyclic) bond motifs is 1. The van der Waals surface area contributed by atoms with E-state index in [1.807, 2.05) is 0 Å². The Labute approximate surface area is 157 Å². The lowest BCUT2D eigenvalue weighted by Crippen LogP contribution is -2.31. The molecule has 0 bridgehead atoms. The van der Waals surface area contributed by atoms with Crippen LogP contribution in [0.3, 0.4) is 0 Å². The Morgan fingerprint density at radius 3 is 2.46 bits per heavy atom. The molecule has 1 aromatic heterocycles. The Bertz CT molecular complexity index is 1140. The van der Waals surface area contributed by atoms with Gasteiger partial charge in [-0.1, -0.05) is 18.2 Å². The standard InChI is InChI=1S/C19H15F2N3O4/c1-10(17(25)22-11-7-8-14(20)15(21)9-11)28-19(27)16-12-5-3-4-6-13(12)18(26)24(2)23-16/h3-10H,1-2H3,(H,22,25)/t10-/m0/s1. The highest BCUT2D eigenvalue weighted by Crippen LogP contribution is 2.16. The number of carbonyl (C=O) groups is 2. The number of carbonyl (C=O) groups excluding carboxylic acids is 2. The SMILES string of the molecule is C[C@H](OC(=O)c1nn(C)c(=O)c2ccccc12)C(=O)Nc1ccc(F)c(F)c1. The molecule has 28 heavy (non-hydrogen) atoms. The Morgan fingerprint density at radius 2 is 1.79 bits per heavy atom. The number of hydrogen-bond acceptors (Lipinski definition) is 5. The number of nitrogens with one attached hydrogen (secondary N) is 1. The van der Waals surface area contributed by atoms with E-state index >= 15 is 0 Å². The monoisotopic (exact) mass is 387 g/mol. The third-order valence-electron chi connectivity index (χ3n) is 3.99. The van der Waals surface area contributed by atoms with E-state index in [2.05, 4.69) is 10.4 Å². The first-order valence-electron chi connectivity index (χ1n) is 8.21. The average molecular weight is 387 g/mol. The van der Waals surface area contributed by atoms with E-state index in [4.69, 9.17) is 4.74 Å². The van der Waals surface area contributed by atoms with Crippen molar-refractivity contribution in [1.82, 2.24) is 9.78 Å². The van der Waals surface area contributed by atoms with Gasteiger partial charge in [-0.15, -0.1) is 0 Å². The smallest absolute Gasteiger partial charge is 0.360 e. The lowest BCUT2D eigenvalue weighted by Gasteiger charge is -2.14. The van der Waals surface area contributed by atoms with Gasteiger partial charge in [0, 0.05) is 24.2 Å². The van der Waals surface area contributed by atoms with Gasteiger partial charge in [-0.2, -0.15) is 5.10 Å². The van der Waals surface area contributed by atoms with Crippen molar-refractivity contribution in [3.05, 3.63) is 70.1 Å². The molecular formula is C19H15F2N3O4. The molecule has 0 saturated heterocycles. The van der Waals surface area contributed by atoms with E-state index in [1.165, 1.54) is 20.0 Å². The second-order valence-electron chi connectivity index (χ2n) is 5.99. The van der Waals surface area contributed by atoms with Crippen molar-refractivity contribution in [2.75, 3.05) is 5.32 Å². The predicted molar refractivity (Wildman–Crippen MR) is 96.8 cm³/mol. The largest absolute Gasteiger partial charge is 0.448 e. The zero-order valence-electron chi connectivity index (χ0n) is 14.9. The molecule has 9 heteroatoms. The number of aryl methyl sites for hydroxylation is 1. The highest BCUT2D eigenvalue weighted by molar-refractivity contribution is 6.03. The zero-order chi connectivity index (χ0) is 20.4. The summed E-state index contributed by atoms with van der Waals surface area (Å²) in [6.07, 6.45) is -1.25. The van der Waals surface area contributed by atoms with Crippen LogP contribution in [0.4, 0.5) is 14.5 Å². The summed E-state index contributed by atoms with van der Waals surface area (Å²) < 4.78 is 32.3. The topological polar surface area (TPSA) is 90.3 Å². The minimum absolute atomic E-state index is 0.0116. The maximum atomic E-state index is 13.2. The van der Waals surface area contributed by atoms with Crippen LogP contribution in [-0.2, 0) is 16.6 Å². The van der Waals surface area contributed by atoms with Crippen LogP contribution in [0, 0.1) is 11.6 Å². The van der Waals surface area contributed by atoms with Crippen LogP contribution in [0.5, 0.6) is 0 Å². The van der Waals surface area contributed by atoms with Crippen molar-refractivity contribution in [1.29, 1.82) is 0 Å². The first-order chi connectivity index (χ1) is 13.3. The van der Waals surface area contributed by atoms with Crippen molar-refractivity contribution >= 4 is 28.3 Å². The normalized spacial score (nSPS) is 11.9. The quantitative estimate of drug-likeness (QED) is 0.695. The van der Waals surface area contributed by atoms with Crippen LogP contribution in [-0.4, -0.2) is 27.8 Å². The van der Waals surface area contributed by atoms with Crippen LogP contribution in [0.1, 0.15) is 17.4 Å². The number of anilines is 1. The van der Waals surface area contributed by atoms with Gasteiger partial charge in [0.05, 0.1) is 5.39 Å². The van der Waals surface area contributed by atoms with Crippen molar-refractivity contribution < 1.29 is 23.1 Å². The molecule has 2 aromatic carbocycles. The third-order valence-corrected chi connectivity index (χ3v) is 3.99. The fourth-order valence-electron chi connectivity index (χ4n) is 2.54. The number of amides is 1. The van der Waals surface area contributed by atoms with E-state index < -0.39 is 29.6 Å². The Balaban J connectivity index is 1.80. The number of hydrogen-bond donors (Lipinski definition) is 1. The molecular weight excluding hydrogens is 372 g/mol. The van der Waals surface area contributed by atoms with Gasteiger partial charge in [0.2, 0.25) is 0 Å². The molecule has 0 aliphatic carbocycles. The minimum Gasteiger partial charge on any atom is -0.448 e. The first-order valence-corrected chi connectivity index (χ1v) is 8.21. The van der Waals surface area contributed by atoms with Gasteiger partial charge in [0.1, 0.15) is 0 Å². The fourth-order valence-corrected chi connectivity index (χ4v) is 2.54. The predicted octanol–water partition coefficient (Wildman–Crippen LogP) is 2.40. The molecule has 0 saturated carbocycles. The van der Waals surface area contributed by atoms with Gasteiger partial charge in [0.25, 0.3) is 11.5 Å². The second-order valence-corrected chi connectivity index (χ2v) is 5.99. The van der Waals surface area contributed by atoms with Gasteiger partial charge in [-0.05, 0) is 25.1 Å². The molecule has 3 aromatic rings. The molecule has 0 unspecified atom stereocenters. The molecule has 3 rings (SSSR count). The van der Waals surface area contributed by atoms with Gasteiger partial charge < -0.3 is 10.1 Å². The van der Waals surface area contributed by atoms with E-state index in [0.717, 1.165) is 16.8 Å². The van der Waals surface area contributed by atoms with Gasteiger partial charge in [-0.25, -0.2) is 18.3 Å². The summed E-state index contributed by atoms with van der Waals surface area (Å²) in [5.74, 6) is -3.82. The van der Waals surface area contributed by atoms with Crippen LogP contribution < -0.4 is 10.9 Å². The number of esters is 1. The summed E-state index contributed by atoms with van der Waals surface area (Å²) >= 11 is 0. The average Bonchev–Trinajstić information content (AvgIpc) is 2.67. The van der Waals surface area contributed by atoms with Crippen molar-refractivity contribution in [3.63, 3.8) is 0 Å². The molecule has 144 valence electrons. The molecule has 0 fully saturated rings. The highest BCUT2D eigenvalue weighted by atomic mass is 19.2. The highest BCUT2D eigenvalue weighted by Gasteiger charge is 2.23. The molecule has 1 atom stereocenters. The van der Waals surface area contributed by atoms with Gasteiger partial charge in [-0.3, -0.25) is 9.59 Å². The zero-order valence-corrected chi connectivity index (χ0v) is 14.9. The van der Waals surface area contributed by atoms with E-state index in [1.54, 1.807) is 24.3 Å². The minimum atomic E-state index is -1.25. The maximum Gasteiger partial charge on any atom is 0.360 e. The molecule has 0 radical (unpaired) electrons. The lowest BCUT2D eigenvalue weighted by atomic mass is 10.1. The summed E-state index contributed by atoms with van der Waals surface area (Å²) in [6.45, 7) is 1.32. The first kappa shape index (κ1) is 19.2. The number of ether oxygens (including phenoxy) is 1. The molecule has 0 aliphatic heterocycles. The van der Waals surface area contributed by atoms with Crippen LogP contribution >= 0.6 is 0 Å². The van der Waals surface area contributed by atoms with Gasteiger partial charge >= 0.3 is 5.97 Å². The van der Waals surface area contributed by atoms with Crippen LogP contribution in [0.15, 0.2) is 47.3 Å². The molecule has 1 N–H and O–H groups in total. The third kappa shape index (κ3) is 3.73. The number of benzene rings is 2. The number of halogens is 2. The molecule has 1 heterocycles. The Hall–Kier alpha value is -3.62. The number of aromatic nitrogens is 2. The maximum absolute atomic E-state index is 13.2. The summed E-state index contributed by atoms with van der Waals surface area (Å²) in [5, 5.41) is 6.83. The van der Waals surface area contributed by atoms with Crippen molar-refractivity contribution in [2.24, 2.45) is 7.05 Å². The van der Waals surface area contributed by atoms with Crippen LogP contribution in [0.2, 0.25) is 0 Å². The van der Waals surface area contributed by atoms with E-state index in [9.17, 15) is 23.2 Å². The Kier molecular flexibility index (Phi) is 5.16. The lowest BCUT2D eigenvalue weighted by molar-refractivity contribution is -0.123. The van der Waals surface area contributed by atoms with Crippen LogP contribution in [0.25, 0.3) is 10.8 Å². The molecule has 1 amide bonds. The van der Waals surface area contributed by atoms with Crippen molar-refractivity contribution in [3.8, 4) is 0 Å². The molecule has 7 nitrogen and oxygen atoms in total. The molecule has 0 spiro atoms. The second kappa shape index (κ2) is 7.55. The number of rotatable bonds is 4. The summed E-state index contributed by atoms with van der Waals surface area (Å²) in [6, 6.07) is 9.23. The fraction of sp³-hybridized carbons (Fsp3) is 0.158. The number of nitrogens with zero attached hydrogens (tertiary/aromatic N) is 2. The van der Waals surface area contributed by atoms with E-state index in [-0.39, 0.29) is 22.3 Å². The van der Waals surface area contributed by atoms with Gasteiger partial charge in [0.15, 0.2) is 23.4 Å². The Morgan fingerprint density at radius 1 is 1.11 bits per heavy atom. The van der Waals surface area contributed by atoms with Crippen molar-refractivity contribution in [2.45, 2.75) is 13.0 Å². The summed E-state index contributed by atoms with van der Waals surface area (Å²) in [4.78, 5) is 36.8. The molecule has 0 aliphatic rings. The summed E-state index contributed by atoms with van der Waals surface area (Å²) in [7, 11) is 1.39. The van der Waals surface area contributed by atoms with E-state index in [0.29, 0.717) is 5.39 Å².